The van der Waals surface area contributed by atoms with Crippen molar-refractivity contribution < 1.29 is 13.6 Å². The first-order chi connectivity index (χ1) is 8.95. The third-order valence-electron chi connectivity index (χ3n) is 3.24. The molecule has 1 saturated heterocycles. The summed E-state index contributed by atoms with van der Waals surface area (Å²) in [6, 6.07) is 0. The van der Waals surface area contributed by atoms with E-state index >= 15 is 0 Å². The highest BCUT2D eigenvalue weighted by Crippen LogP contribution is 2.23. The van der Waals surface area contributed by atoms with Crippen LogP contribution in [0.1, 0.15) is 12.8 Å². The Morgan fingerprint density at radius 2 is 2.37 bits per heavy atom. The number of aryl methyl sites for hydroxylation is 1. The number of nitrogens with zero attached hydrogens (tertiary/aromatic N) is 4. The minimum absolute atomic E-state index is 0.0751. The van der Waals surface area contributed by atoms with E-state index in [1.165, 1.54) is 21.4 Å². The van der Waals surface area contributed by atoms with Crippen LogP contribution in [0.5, 0.6) is 0 Å². The molecule has 1 aromatic rings. The summed E-state index contributed by atoms with van der Waals surface area (Å²) in [6.07, 6.45) is 4.18. The molecule has 1 unspecified atom stereocenters. The number of hydrogen-bond donors (Lipinski definition) is 2. The van der Waals surface area contributed by atoms with E-state index in [0.29, 0.717) is 13.0 Å². The summed E-state index contributed by atoms with van der Waals surface area (Å²) in [5.74, 6) is -0.170. The number of piperidine rings is 1. The first-order valence-electron chi connectivity index (χ1n) is 5.91. The topological polar surface area (TPSA) is 114 Å². The van der Waals surface area contributed by atoms with Crippen LogP contribution in [0.25, 0.3) is 0 Å². The molecule has 1 aliphatic heterocycles. The second kappa shape index (κ2) is 5.17. The first kappa shape index (κ1) is 13.8. The summed E-state index contributed by atoms with van der Waals surface area (Å²) < 4.78 is 27.6. The lowest BCUT2D eigenvalue weighted by Crippen LogP contribution is -2.44. The molecular formula is C10H17N5O3S. The fourth-order valence-electron chi connectivity index (χ4n) is 2.16. The van der Waals surface area contributed by atoms with Gasteiger partial charge in [0.1, 0.15) is 10.7 Å². The lowest BCUT2D eigenvalue weighted by molar-refractivity contribution is 0.287. The van der Waals surface area contributed by atoms with E-state index in [4.69, 9.17) is 10.9 Å². The Balaban J connectivity index is 2.21. The Morgan fingerprint density at radius 1 is 1.63 bits per heavy atom. The second-order valence-corrected chi connectivity index (χ2v) is 6.51. The Bertz CT molecular complexity index is 580. The van der Waals surface area contributed by atoms with Crippen LogP contribution in [0.15, 0.2) is 22.4 Å². The normalized spacial score (nSPS) is 22.6. The highest BCUT2D eigenvalue weighted by Gasteiger charge is 2.32. The van der Waals surface area contributed by atoms with Crippen molar-refractivity contribution in [3.63, 3.8) is 0 Å². The number of rotatable bonds is 3. The number of hydrogen-bond acceptors (Lipinski definition) is 5. The molecule has 106 valence electrons. The summed E-state index contributed by atoms with van der Waals surface area (Å²) in [7, 11) is -1.90. The van der Waals surface area contributed by atoms with Crippen LogP contribution in [0.4, 0.5) is 0 Å². The molecule has 1 aliphatic rings. The summed E-state index contributed by atoms with van der Waals surface area (Å²) in [4.78, 5) is 0.162. The maximum Gasteiger partial charge on any atom is 0.246 e. The van der Waals surface area contributed by atoms with Gasteiger partial charge < -0.3 is 10.9 Å². The minimum atomic E-state index is -3.56. The molecule has 8 nitrogen and oxygen atoms in total. The fraction of sp³-hybridized carbons (Fsp3) is 0.600. The number of amidine groups is 1. The van der Waals surface area contributed by atoms with E-state index in [1.54, 1.807) is 7.05 Å². The average molecular weight is 287 g/mol. The molecule has 0 aromatic carbocycles. The molecule has 19 heavy (non-hydrogen) atoms. The number of aromatic nitrogens is 2. The van der Waals surface area contributed by atoms with Gasteiger partial charge in [0.15, 0.2) is 0 Å². The lowest BCUT2D eigenvalue weighted by atomic mass is 9.99. The smallest absolute Gasteiger partial charge is 0.246 e. The summed E-state index contributed by atoms with van der Waals surface area (Å²) in [5.41, 5.74) is 5.56. The van der Waals surface area contributed by atoms with Gasteiger partial charge in [0.2, 0.25) is 10.0 Å². The molecule has 0 aliphatic carbocycles. The maximum absolute atomic E-state index is 12.4. The van der Waals surface area contributed by atoms with Crippen molar-refractivity contribution in [3.8, 4) is 0 Å². The van der Waals surface area contributed by atoms with Gasteiger partial charge in [-0.2, -0.15) is 9.40 Å². The number of oxime groups is 1. The third kappa shape index (κ3) is 2.71. The van der Waals surface area contributed by atoms with Crippen molar-refractivity contribution in [1.82, 2.24) is 14.1 Å². The molecule has 3 N–H and O–H groups in total. The quantitative estimate of drug-likeness (QED) is 0.339. The molecule has 2 rings (SSSR count). The van der Waals surface area contributed by atoms with Gasteiger partial charge in [-0.25, -0.2) is 8.42 Å². The number of sulfonamides is 1. The predicted octanol–water partition coefficient (Wildman–Crippen LogP) is -0.433. The van der Waals surface area contributed by atoms with E-state index in [-0.39, 0.29) is 23.2 Å². The molecule has 1 fully saturated rings. The molecule has 0 bridgehead atoms. The van der Waals surface area contributed by atoms with Crippen molar-refractivity contribution >= 4 is 15.9 Å². The molecular weight excluding hydrogens is 270 g/mol. The molecule has 1 atom stereocenters. The van der Waals surface area contributed by atoms with Crippen molar-refractivity contribution in [2.45, 2.75) is 17.7 Å². The van der Waals surface area contributed by atoms with Crippen LogP contribution < -0.4 is 5.73 Å². The summed E-state index contributed by atoms with van der Waals surface area (Å²) >= 11 is 0. The average Bonchev–Trinajstić information content (AvgIpc) is 2.85. The van der Waals surface area contributed by atoms with Crippen molar-refractivity contribution in [2.24, 2.45) is 23.9 Å². The van der Waals surface area contributed by atoms with Crippen LogP contribution in [0, 0.1) is 5.92 Å². The van der Waals surface area contributed by atoms with Crippen LogP contribution in [-0.2, 0) is 17.1 Å². The van der Waals surface area contributed by atoms with E-state index < -0.39 is 10.0 Å². The molecule has 0 radical (unpaired) electrons. The zero-order chi connectivity index (χ0) is 14.0. The van der Waals surface area contributed by atoms with Crippen molar-refractivity contribution in [3.05, 3.63) is 12.4 Å². The predicted molar refractivity (Wildman–Crippen MR) is 68.1 cm³/mol. The highest BCUT2D eigenvalue weighted by molar-refractivity contribution is 7.89. The van der Waals surface area contributed by atoms with Crippen LogP contribution in [0.3, 0.4) is 0 Å². The summed E-state index contributed by atoms with van der Waals surface area (Å²) in [5, 5.41) is 15.5. The Morgan fingerprint density at radius 3 is 2.95 bits per heavy atom. The summed E-state index contributed by atoms with van der Waals surface area (Å²) in [6.45, 7) is 0.666. The molecule has 2 heterocycles. The van der Waals surface area contributed by atoms with E-state index in [9.17, 15) is 8.42 Å². The van der Waals surface area contributed by atoms with Crippen molar-refractivity contribution in [2.75, 3.05) is 13.1 Å². The molecule has 0 amide bonds. The number of nitrogens with two attached hydrogens (primary N) is 1. The second-order valence-electron chi connectivity index (χ2n) is 4.58. The molecule has 0 saturated carbocycles. The van der Waals surface area contributed by atoms with Gasteiger partial charge >= 0.3 is 0 Å². The molecule has 1 aromatic heterocycles. The van der Waals surface area contributed by atoms with Crippen molar-refractivity contribution in [1.29, 1.82) is 0 Å². The van der Waals surface area contributed by atoms with E-state index in [1.807, 2.05) is 0 Å². The third-order valence-corrected chi connectivity index (χ3v) is 5.05. The van der Waals surface area contributed by atoms with E-state index in [0.717, 1.165) is 6.42 Å². The van der Waals surface area contributed by atoms with E-state index in [2.05, 4.69) is 10.3 Å². The lowest BCUT2D eigenvalue weighted by Gasteiger charge is -2.30. The zero-order valence-corrected chi connectivity index (χ0v) is 11.4. The maximum atomic E-state index is 12.4. The standard InChI is InChI=1S/C10H17N5O3S/c1-14-7-9(5-12-14)19(17,18)15-4-2-3-8(6-15)10(11)13-16/h5,7-8,16H,2-4,6H2,1H3,(H2,11,13). The van der Waals surface area contributed by atoms with Gasteiger partial charge in [-0.05, 0) is 12.8 Å². The van der Waals surface area contributed by atoms with Gasteiger partial charge in [0.05, 0.1) is 6.20 Å². The first-order valence-corrected chi connectivity index (χ1v) is 7.35. The van der Waals surface area contributed by atoms with Gasteiger partial charge in [0, 0.05) is 32.3 Å². The minimum Gasteiger partial charge on any atom is -0.409 e. The molecule has 9 heteroatoms. The fourth-order valence-corrected chi connectivity index (χ4v) is 3.67. The highest BCUT2D eigenvalue weighted by atomic mass is 32.2. The SMILES string of the molecule is Cn1cc(S(=O)(=O)N2CCCC(C(N)=NO)C2)cn1. The monoisotopic (exact) mass is 287 g/mol. The van der Waals surface area contributed by atoms with Gasteiger partial charge in [0.25, 0.3) is 0 Å². The van der Waals surface area contributed by atoms with Crippen LogP contribution in [-0.4, -0.2) is 46.6 Å². The van der Waals surface area contributed by atoms with Gasteiger partial charge in [-0.15, -0.1) is 0 Å². The largest absolute Gasteiger partial charge is 0.409 e. The van der Waals surface area contributed by atoms with Crippen LogP contribution in [0.2, 0.25) is 0 Å². The molecule has 0 spiro atoms. The zero-order valence-electron chi connectivity index (χ0n) is 10.6. The Kier molecular flexibility index (Phi) is 3.76. The van der Waals surface area contributed by atoms with Crippen LogP contribution >= 0.6 is 0 Å². The van der Waals surface area contributed by atoms with Gasteiger partial charge in [-0.3, -0.25) is 4.68 Å². The Labute approximate surface area is 111 Å². The Hall–Kier alpha value is -1.61. The van der Waals surface area contributed by atoms with Gasteiger partial charge in [-0.1, -0.05) is 5.16 Å².